The topological polar surface area (TPSA) is 76.4 Å². The number of rotatable bonds is 6. The number of carbonyl (C=O) groups excluding carboxylic acids is 1. The number of benzene rings is 1. The smallest absolute Gasteiger partial charge is 0.244 e. The molecule has 0 radical (unpaired) electrons. The third-order valence-corrected chi connectivity index (χ3v) is 3.74. The van der Waals surface area contributed by atoms with Crippen LogP contribution in [0.2, 0.25) is 0 Å². The van der Waals surface area contributed by atoms with E-state index >= 15 is 0 Å². The highest BCUT2D eigenvalue weighted by atomic mass is 16.5. The standard InChI is InChI=1S/C17H23N3O3/c1-11-8-12(2)20(19-11)13(3)17(22)18-10-16(21)14-6-5-7-15(9-14)23-4/h5-9,13,16,21H,10H2,1-4H3,(H,18,22). The van der Waals surface area contributed by atoms with Crippen molar-refractivity contribution < 1.29 is 14.6 Å². The maximum atomic E-state index is 12.3. The highest BCUT2D eigenvalue weighted by molar-refractivity contribution is 5.79. The summed E-state index contributed by atoms with van der Waals surface area (Å²) in [6.45, 7) is 5.72. The van der Waals surface area contributed by atoms with Gasteiger partial charge in [0, 0.05) is 12.2 Å². The predicted molar refractivity (Wildman–Crippen MR) is 87.4 cm³/mol. The Bertz CT molecular complexity index is 681. The van der Waals surface area contributed by atoms with Crippen molar-refractivity contribution in [3.63, 3.8) is 0 Å². The molecule has 6 nitrogen and oxygen atoms in total. The number of ether oxygens (including phenoxy) is 1. The molecule has 1 aromatic carbocycles. The van der Waals surface area contributed by atoms with Crippen LogP contribution in [-0.4, -0.2) is 34.4 Å². The van der Waals surface area contributed by atoms with Crippen molar-refractivity contribution >= 4 is 5.91 Å². The Hall–Kier alpha value is -2.34. The Morgan fingerprint density at radius 3 is 2.74 bits per heavy atom. The fourth-order valence-corrected chi connectivity index (χ4v) is 2.46. The molecule has 23 heavy (non-hydrogen) atoms. The summed E-state index contributed by atoms with van der Waals surface area (Å²) in [7, 11) is 1.57. The molecular formula is C17H23N3O3. The highest BCUT2D eigenvalue weighted by Gasteiger charge is 2.19. The van der Waals surface area contributed by atoms with Crippen LogP contribution >= 0.6 is 0 Å². The first-order chi connectivity index (χ1) is 10.9. The van der Waals surface area contributed by atoms with E-state index in [9.17, 15) is 9.90 Å². The van der Waals surface area contributed by atoms with Gasteiger partial charge in [-0.2, -0.15) is 5.10 Å². The number of amides is 1. The van der Waals surface area contributed by atoms with Crippen LogP contribution in [0.15, 0.2) is 30.3 Å². The van der Waals surface area contributed by atoms with E-state index in [4.69, 9.17) is 4.74 Å². The molecule has 2 rings (SSSR count). The van der Waals surface area contributed by atoms with Gasteiger partial charge in [0.15, 0.2) is 0 Å². The van der Waals surface area contributed by atoms with Crippen LogP contribution in [-0.2, 0) is 4.79 Å². The lowest BCUT2D eigenvalue weighted by Crippen LogP contribution is -2.34. The average Bonchev–Trinajstić information content (AvgIpc) is 2.89. The average molecular weight is 317 g/mol. The maximum Gasteiger partial charge on any atom is 0.244 e. The second kappa shape index (κ2) is 7.28. The number of aliphatic hydroxyl groups excluding tert-OH is 1. The van der Waals surface area contributed by atoms with E-state index in [1.54, 1.807) is 43.0 Å². The lowest BCUT2D eigenvalue weighted by atomic mass is 10.1. The number of carbonyl (C=O) groups is 1. The zero-order valence-corrected chi connectivity index (χ0v) is 13.9. The Balaban J connectivity index is 1.96. The first kappa shape index (κ1) is 17.0. The van der Waals surface area contributed by atoms with Gasteiger partial charge < -0.3 is 15.2 Å². The summed E-state index contributed by atoms with van der Waals surface area (Å²) in [5, 5.41) is 17.3. The van der Waals surface area contributed by atoms with Crippen molar-refractivity contribution in [3.05, 3.63) is 47.3 Å². The van der Waals surface area contributed by atoms with Gasteiger partial charge >= 0.3 is 0 Å². The van der Waals surface area contributed by atoms with E-state index in [0.29, 0.717) is 11.3 Å². The molecule has 2 atom stereocenters. The summed E-state index contributed by atoms with van der Waals surface area (Å²) in [6, 6.07) is 8.65. The van der Waals surface area contributed by atoms with Crippen LogP contribution in [0.4, 0.5) is 0 Å². The molecule has 2 unspecified atom stereocenters. The minimum Gasteiger partial charge on any atom is -0.497 e. The summed E-state index contributed by atoms with van der Waals surface area (Å²) in [4.78, 5) is 12.3. The summed E-state index contributed by atoms with van der Waals surface area (Å²) in [5.74, 6) is 0.488. The third-order valence-electron chi connectivity index (χ3n) is 3.74. The monoisotopic (exact) mass is 317 g/mol. The molecule has 6 heteroatoms. The minimum atomic E-state index is -0.790. The second-order valence-electron chi connectivity index (χ2n) is 5.59. The van der Waals surface area contributed by atoms with E-state index in [1.807, 2.05) is 19.9 Å². The van der Waals surface area contributed by atoms with Crippen molar-refractivity contribution in [1.29, 1.82) is 0 Å². The fourth-order valence-electron chi connectivity index (χ4n) is 2.46. The molecule has 0 aliphatic heterocycles. The first-order valence-electron chi connectivity index (χ1n) is 7.55. The van der Waals surface area contributed by atoms with Gasteiger partial charge in [-0.25, -0.2) is 0 Å². The molecule has 0 aliphatic rings. The van der Waals surface area contributed by atoms with E-state index < -0.39 is 12.1 Å². The molecule has 1 aromatic heterocycles. The van der Waals surface area contributed by atoms with Crippen LogP contribution in [0.3, 0.4) is 0 Å². The lowest BCUT2D eigenvalue weighted by Gasteiger charge is -2.17. The van der Waals surface area contributed by atoms with Gasteiger partial charge in [0.25, 0.3) is 0 Å². The number of aryl methyl sites for hydroxylation is 2. The summed E-state index contributed by atoms with van der Waals surface area (Å²) in [6.07, 6.45) is -0.790. The molecule has 0 fully saturated rings. The van der Waals surface area contributed by atoms with Crippen molar-refractivity contribution in [3.8, 4) is 5.75 Å². The summed E-state index contributed by atoms with van der Waals surface area (Å²) < 4.78 is 6.82. The quantitative estimate of drug-likeness (QED) is 0.853. The maximum absolute atomic E-state index is 12.3. The van der Waals surface area contributed by atoms with Gasteiger partial charge in [0.05, 0.1) is 18.9 Å². The van der Waals surface area contributed by atoms with Gasteiger partial charge in [0.2, 0.25) is 5.91 Å². The van der Waals surface area contributed by atoms with Gasteiger partial charge in [-0.3, -0.25) is 9.48 Å². The number of aromatic nitrogens is 2. The number of nitrogens with one attached hydrogen (secondary N) is 1. The highest BCUT2D eigenvalue weighted by Crippen LogP contribution is 2.19. The number of hydrogen-bond acceptors (Lipinski definition) is 4. The molecule has 2 N–H and O–H groups in total. The predicted octanol–water partition coefficient (Wildman–Crippen LogP) is 1.92. The van der Waals surface area contributed by atoms with Crippen LogP contribution in [0, 0.1) is 13.8 Å². The van der Waals surface area contributed by atoms with Gasteiger partial charge in [0.1, 0.15) is 11.8 Å². The second-order valence-corrected chi connectivity index (χ2v) is 5.59. The Morgan fingerprint density at radius 1 is 1.39 bits per heavy atom. The molecule has 0 aliphatic carbocycles. The molecule has 0 spiro atoms. The molecule has 0 saturated carbocycles. The normalized spacial score (nSPS) is 13.4. The van der Waals surface area contributed by atoms with Gasteiger partial charge in [-0.05, 0) is 44.5 Å². The molecule has 0 saturated heterocycles. The van der Waals surface area contributed by atoms with Crippen LogP contribution in [0.25, 0.3) is 0 Å². The zero-order valence-electron chi connectivity index (χ0n) is 13.9. The SMILES string of the molecule is COc1cccc(C(O)CNC(=O)C(C)n2nc(C)cc2C)c1. The van der Waals surface area contributed by atoms with E-state index in [-0.39, 0.29) is 12.5 Å². The van der Waals surface area contributed by atoms with Crippen molar-refractivity contribution in [1.82, 2.24) is 15.1 Å². The Labute approximate surface area is 136 Å². The molecular weight excluding hydrogens is 294 g/mol. The lowest BCUT2D eigenvalue weighted by molar-refractivity contribution is -0.124. The van der Waals surface area contributed by atoms with Crippen molar-refractivity contribution in [2.75, 3.05) is 13.7 Å². The number of hydrogen-bond donors (Lipinski definition) is 2. The zero-order chi connectivity index (χ0) is 17.0. The largest absolute Gasteiger partial charge is 0.497 e. The van der Waals surface area contributed by atoms with Crippen molar-refractivity contribution in [2.45, 2.75) is 32.9 Å². The van der Waals surface area contributed by atoms with Crippen LogP contribution in [0.1, 0.15) is 36.0 Å². The summed E-state index contributed by atoms with van der Waals surface area (Å²) >= 11 is 0. The number of methoxy groups -OCH3 is 1. The van der Waals surface area contributed by atoms with E-state index in [0.717, 1.165) is 11.4 Å². The summed E-state index contributed by atoms with van der Waals surface area (Å²) in [5.41, 5.74) is 2.50. The van der Waals surface area contributed by atoms with E-state index in [1.165, 1.54) is 0 Å². The number of aliphatic hydroxyl groups is 1. The van der Waals surface area contributed by atoms with Gasteiger partial charge in [-0.15, -0.1) is 0 Å². The molecule has 1 heterocycles. The fraction of sp³-hybridized carbons (Fsp3) is 0.412. The van der Waals surface area contributed by atoms with Crippen molar-refractivity contribution in [2.24, 2.45) is 0 Å². The molecule has 124 valence electrons. The number of nitrogens with zero attached hydrogens (tertiary/aromatic N) is 2. The molecule has 1 amide bonds. The minimum absolute atomic E-state index is 0.135. The third kappa shape index (κ3) is 4.10. The Kier molecular flexibility index (Phi) is 5.39. The van der Waals surface area contributed by atoms with E-state index in [2.05, 4.69) is 10.4 Å². The Morgan fingerprint density at radius 2 is 2.13 bits per heavy atom. The van der Waals surface area contributed by atoms with Gasteiger partial charge in [-0.1, -0.05) is 12.1 Å². The molecule has 0 bridgehead atoms. The molecule has 2 aromatic rings. The van der Waals surface area contributed by atoms with Crippen LogP contribution in [0.5, 0.6) is 5.75 Å². The first-order valence-corrected chi connectivity index (χ1v) is 7.55. The van der Waals surface area contributed by atoms with Crippen LogP contribution < -0.4 is 10.1 Å².